The maximum Gasteiger partial charge on any atom is 0.273 e. The second kappa shape index (κ2) is 6.69. The average Bonchev–Trinajstić information content (AvgIpc) is 3.01. The molecule has 1 aromatic heterocycles. The third-order valence-electron chi connectivity index (χ3n) is 3.16. The Morgan fingerprint density at radius 3 is 2.67 bits per heavy atom. The summed E-state index contributed by atoms with van der Waals surface area (Å²) < 4.78 is 0. The van der Waals surface area contributed by atoms with Crippen molar-refractivity contribution in [1.29, 1.82) is 0 Å². The van der Waals surface area contributed by atoms with Crippen LogP contribution in [0.4, 0.5) is 5.69 Å². The van der Waals surface area contributed by atoms with Crippen molar-refractivity contribution in [2.24, 2.45) is 0 Å². The average molecular weight is 286 g/mol. The fourth-order valence-corrected chi connectivity index (χ4v) is 1.77. The highest BCUT2D eigenvalue weighted by Crippen LogP contribution is 2.16. The molecule has 2 aromatic rings. The van der Waals surface area contributed by atoms with Gasteiger partial charge in [0, 0.05) is 12.2 Å². The lowest BCUT2D eigenvalue weighted by molar-refractivity contribution is 0.0940. The summed E-state index contributed by atoms with van der Waals surface area (Å²) >= 11 is 0. The van der Waals surface area contributed by atoms with Crippen molar-refractivity contribution in [2.75, 3.05) is 5.32 Å². The second-order valence-corrected chi connectivity index (χ2v) is 4.75. The van der Waals surface area contributed by atoms with Gasteiger partial charge in [0.25, 0.3) is 11.8 Å². The van der Waals surface area contributed by atoms with E-state index in [-0.39, 0.29) is 17.9 Å². The van der Waals surface area contributed by atoms with Crippen LogP contribution >= 0.6 is 0 Å². The molecule has 0 bridgehead atoms. The number of anilines is 1. The van der Waals surface area contributed by atoms with E-state index in [2.05, 4.69) is 20.8 Å². The van der Waals surface area contributed by atoms with Gasteiger partial charge in [-0.05, 0) is 31.5 Å². The number of nitrogens with one attached hydrogen (secondary N) is 3. The zero-order valence-electron chi connectivity index (χ0n) is 12.0. The fourth-order valence-electron chi connectivity index (χ4n) is 1.77. The summed E-state index contributed by atoms with van der Waals surface area (Å²) in [5.41, 5.74) is 1.25. The lowest BCUT2D eigenvalue weighted by Crippen LogP contribution is -2.32. The van der Waals surface area contributed by atoms with Crippen molar-refractivity contribution in [3.63, 3.8) is 0 Å². The summed E-state index contributed by atoms with van der Waals surface area (Å²) in [5, 5.41) is 11.9. The van der Waals surface area contributed by atoms with Crippen molar-refractivity contribution >= 4 is 17.5 Å². The Morgan fingerprint density at radius 1 is 1.24 bits per heavy atom. The van der Waals surface area contributed by atoms with Crippen LogP contribution < -0.4 is 10.6 Å². The number of aromatic nitrogens is 2. The van der Waals surface area contributed by atoms with E-state index in [9.17, 15) is 9.59 Å². The lowest BCUT2D eigenvalue weighted by Gasteiger charge is -2.14. The molecule has 0 radical (unpaired) electrons. The van der Waals surface area contributed by atoms with E-state index in [1.165, 1.54) is 6.20 Å². The largest absolute Gasteiger partial charge is 0.350 e. The SMILES string of the molecule is CCC(C)NC(=O)c1ccccc1NC(=O)c1ccn[nH]1. The number of H-pyrrole nitrogens is 1. The van der Waals surface area contributed by atoms with E-state index in [1.54, 1.807) is 30.3 Å². The number of nitrogens with zero attached hydrogens (tertiary/aromatic N) is 1. The zero-order valence-corrected chi connectivity index (χ0v) is 12.0. The number of aromatic amines is 1. The van der Waals surface area contributed by atoms with E-state index < -0.39 is 0 Å². The predicted octanol–water partition coefficient (Wildman–Crippen LogP) is 2.19. The minimum Gasteiger partial charge on any atom is -0.350 e. The summed E-state index contributed by atoms with van der Waals surface area (Å²) in [5.74, 6) is -0.541. The molecule has 0 fully saturated rings. The number of benzene rings is 1. The summed E-state index contributed by atoms with van der Waals surface area (Å²) in [6.07, 6.45) is 2.34. The van der Waals surface area contributed by atoms with Crippen LogP contribution in [-0.2, 0) is 0 Å². The molecule has 6 heteroatoms. The van der Waals surface area contributed by atoms with Crippen LogP contribution in [0, 0.1) is 0 Å². The van der Waals surface area contributed by atoms with E-state index in [0.29, 0.717) is 16.9 Å². The van der Waals surface area contributed by atoms with Gasteiger partial charge in [0.1, 0.15) is 5.69 Å². The van der Waals surface area contributed by atoms with Gasteiger partial charge in [-0.1, -0.05) is 19.1 Å². The molecule has 0 aliphatic heterocycles. The molecular weight excluding hydrogens is 268 g/mol. The lowest BCUT2D eigenvalue weighted by atomic mass is 10.1. The molecule has 0 spiro atoms. The molecule has 0 aliphatic rings. The number of carbonyl (C=O) groups is 2. The molecule has 1 aromatic carbocycles. The van der Waals surface area contributed by atoms with Crippen LogP contribution in [0.2, 0.25) is 0 Å². The Kier molecular flexibility index (Phi) is 4.71. The summed E-state index contributed by atoms with van der Waals surface area (Å²) in [6, 6.07) is 8.55. The quantitative estimate of drug-likeness (QED) is 0.787. The van der Waals surface area contributed by atoms with Crippen LogP contribution in [0.3, 0.4) is 0 Å². The first kappa shape index (κ1) is 14.8. The molecule has 0 saturated carbocycles. The number of hydrogen-bond donors (Lipinski definition) is 3. The van der Waals surface area contributed by atoms with Gasteiger partial charge >= 0.3 is 0 Å². The van der Waals surface area contributed by atoms with Crippen molar-refractivity contribution in [1.82, 2.24) is 15.5 Å². The van der Waals surface area contributed by atoms with Crippen molar-refractivity contribution < 1.29 is 9.59 Å². The molecule has 110 valence electrons. The topological polar surface area (TPSA) is 86.9 Å². The molecule has 2 rings (SSSR count). The Labute approximate surface area is 122 Å². The first-order chi connectivity index (χ1) is 10.1. The van der Waals surface area contributed by atoms with Gasteiger partial charge in [-0.3, -0.25) is 14.7 Å². The van der Waals surface area contributed by atoms with E-state index in [1.807, 2.05) is 13.8 Å². The molecule has 6 nitrogen and oxygen atoms in total. The normalized spacial score (nSPS) is 11.7. The number of amides is 2. The third-order valence-corrected chi connectivity index (χ3v) is 3.16. The van der Waals surface area contributed by atoms with Gasteiger partial charge in [-0.15, -0.1) is 0 Å². The fraction of sp³-hybridized carbons (Fsp3) is 0.267. The van der Waals surface area contributed by atoms with Crippen LogP contribution in [0.25, 0.3) is 0 Å². The van der Waals surface area contributed by atoms with E-state index in [4.69, 9.17) is 0 Å². The maximum absolute atomic E-state index is 12.2. The Morgan fingerprint density at radius 2 is 2.00 bits per heavy atom. The summed E-state index contributed by atoms with van der Waals surface area (Å²) in [7, 11) is 0. The number of carbonyl (C=O) groups excluding carboxylic acids is 2. The highest BCUT2D eigenvalue weighted by molar-refractivity contribution is 6.08. The molecule has 0 saturated heterocycles. The van der Waals surface area contributed by atoms with Gasteiger partial charge in [-0.2, -0.15) is 5.10 Å². The van der Waals surface area contributed by atoms with Crippen molar-refractivity contribution in [3.8, 4) is 0 Å². The molecule has 1 atom stereocenters. The van der Waals surface area contributed by atoms with E-state index >= 15 is 0 Å². The molecule has 0 aliphatic carbocycles. The minimum atomic E-state index is -0.337. The Bertz CT molecular complexity index is 622. The van der Waals surface area contributed by atoms with Crippen molar-refractivity contribution in [2.45, 2.75) is 26.3 Å². The molecule has 3 N–H and O–H groups in total. The maximum atomic E-state index is 12.2. The number of para-hydroxylation sites is 1. The number of rotatable bonds is 5. The van der Waals surface area contributed by atoms with Gasteiger partial charge in [0.15, 0.2) is 0 Å². The third kappa shape index (κ3) is 3.68. The van der Waals surface area contributed by atoms with Gasteiger partial charge in [0.05, 0.1) is 11.3 Å². The smallest absolute Gasteiger partial charge is 0.273 e. The molecule has 2 amide bonds. The van der Waals surface area contributed by atoms with Gasteiger partial charge < -0.3 is 10.6 Å². The molecule has 1 heterocycles. The Hall–Kier alpha value is -2.63. The van der Waals surface area contributed by atoms with Gasteiger partial charge in [-0.25, -0.2) is 0 Å². The first-order valence-electron chi connectivity index (χ1n) is 6.82. The highest BCUT2D eigenvalue weighted by Gasteiger charge is 2.15. The van der Waals surface area contributed by atoms with Crippen LogP contribution in [0.1, 0.15) is 41.1 Å². The van der Waals surface area contributed by atoms with Gasteiger partial charge in [0.2, 0.25) is 0 Å². The molecule has 1 unspecified atom stereocenters. The monoisotopic (exact) mass is 286 g/mol. The standard InChI is InChI=1S/C15H18N4O2/c1-3-10(2)17-14(20)11-6-4-5-7-12(11)18-15(21)13-8-9-16-19-13/h4-10H,3H2,1-2H3,(H,16,19)(H,17,20)(H,18,21). The minimum absolute atomic E-state index is 0.0777. The summed E-state index contributed by atoms with van der Waals surface area (Å²) in [4.78, 5) is 24.2. The van der Waals surface area contributed by atoms with Crippen molar-refractivity contribution in [3.05, 3.63) is 47.8 Å². The highest BCUT2D eigenvalue weighted by atomic mass is 16.2. The molecule has 21 heavy (non-hydrogen) atoms. The number of hydrogen-bond acceptors (Lipinski definition) is 3. The summed E-state index contributed by atoms with van der Waals surface area (Å²) in [6.45, 7) is 3.93. The Balaban J connectivity index is 2.17. The van der Waals surface area contributed by atoms with Crippen LogP contribution in [-0.4, -0.2) is 28.1 Å². The van der Waals surface area contributed by atoms with Crippen LogP contribution in [0.15, 0.2) is 36.5 Å². The first-order valence-corrected chi connectivity index (χ1v) is 6.82. The van der Waals surface area contributed by atoms with E-state index in [0.717, 1.165) is 6.42 Å². The zero-order chi connectivity index (χ0) is 15.2. The van der Waals surface area contributed by atoms with Crippen LogP contribution in [0.5, 0.6) is 0 Å². The molecular formula is C15H18N4O2. The second-order valence-electron chi connectivity index (χ2n) is 4.75. The predicted molar refractivity (Wildman–Crippen MR) is 80.2 cm³/mol.